The molecule has 0 aliphatic heterocycles. The molecule has 1 aromatic rings. The van der Waals surface area contributed by atoms with Gasteiger partial charge in [0.25, 0.3) is 0 Å². The summed E-state index contributed by atoms with van der Waals surface area (Å²) in [7, 11) is -0.709. The Labute approximate surface area is 112 Å². The Kier molecular flexibility index (Phi) is 7.69. The van der Waals surface area contributed by atoms with Gasteiger partial charge in [-0.1, -0.05) is 25.1 Å². The molecule has 102 valence electrons. The molecule has 1 N–H and O–H groups in total. The van der Waals surface area contributed by atoms with Crippen LogP contribution in [0, 0.1) is 0 Å². The summed E-state index contributed by atoms with van der Waals surface area (Å²) >= 11 is 0. The normalized spacial score (nSPS) is 14.1. The van der Waals surface area contributed by atoms with Crippen molar-refractivity contribution in [2.45, 2.75) is 25.0 Å². The number of ether oxygens (including phenoxy) is 1. The maximum Gasteiger partial charge on any atom is 0.119 e. The van der Waals surface area contributed by atoms with Crippen molar-refractivity contribution in [2.75, 3.05) is 26.0 Å². The van der Waals surface area contributed by atoms with Gasteiger partial charge >= 0.3 is 0 Å². The molecule has 0 saturated heterocycles. The van der Waals surface area contributed by atoms with Crippen LogP contribution >= 0.6 is 0 Å². The van der Waals surface area contributed by atoms with Gasteiger partial charge < -0.3 is 10.1 Å². The van der Waals surface area contributed by atoms with E-state index in [0.717, 1.165) is 38.3 Å². The molecule has 0 aliphatic rings. The number of para-hydroxylation sites is 1. The molecule has 1 aromatic carbocycles. The molecule has 0 aliphatic carbocycles. The molecule has 2 atom stereocenters. The molecule has 0 radical (unpaired) electrons. The van der Waals surface area contributed by atoms with Crippen LogP contribution in [0.4, 0.5) is 0 Å². The first kappa shape index (κ1) is 15.2. The average Bonchev–Trinajstić information content (AvgIpc) is 2.38. The van der Waals surface area contributed by atoms with E-state index in [0.29, 0.717) is 0 Å². The first-order valence-electron chi connectivity index (χ1n) is 6.41. The van der Waals surface area contributed by atoms with Crippen molar-refractivity contribution in [1.29, 1.82) is 0 Å². The molecule has 0 spiro atoms. The Balaban J connectivity index is 1.95. The summed E-state index contributed by atoms with van der Waals surface area (Å²) in [5, 5.41) is 3.62. The molecule has 2 unspecified atom stereocenters. The zero-order valence-electron chi connectivity index (χ0n) is 11.2. The van der Waals surface area contributed by atoms with Crippen molar-refractivity contribution >= 4 is 10.8 Å². The lowest BCUT2D eigenvalue weighted by molar-refractivity contribution is 0.308. The third kappa shape index (κ3) is 6.77. The van der Waals surface area contributed by atoms with Crippen LogP contribution in [0.3, 0.4) is 0 Å². The maximum absolute atomic E-state index is 11.1. The molecule has 0 fully saturated rings. The van der Waals surface area contributed by atoms with Gasteiger partial charge in [-0.25, -0.2) is 0 Å². The summed E-state index contributed by atoms with van der Waals surface area (Å²) in [5.74, 6) is 0.924. The summed E-state index contributed by atoms with van der Waals surface area (Å²) in [5.41, 5.74) is 0. The maximum atomic E-state index is 11.1. The minimum atomic E-state index is -0.709. The molecule has 0 amide bonds. The second-order valence-electron chi connectivity index (χ2n) is 4.36. The summed E-state index contributed by atoms with van der Waals surface area (Å²) in [4.78, 5) is 0. The van der Waals surface area contributed by atoms with Crippen LogP contribution in [0.1, 0.15) is 19.8 Å². The van der Waals surface area contributed by atoms with E-state index in [4.69, 9.17) is 4.74 Å². The van der Waals surface area contributed by atoms with Crippen LogP contribution in [0.25, 0.3) is 0 Å². The predicted molar refractivity (Wildman–Crippen MR) is 77.6 cm³/mol. The van der Waals surface area contributed by atoms with Crippen molar-refractivity contribution in [3.05, 3.63) is 30.3 Å². The zero-order valence-corrected chi connectivity index (χ0v) is 12.0. The Morgan fingerprint density at radius 2 is 2.00 bits per heavy atom. The van der Waals surface area contributed by atoms with E-state index in [1.165, 1.54) is 0 Å². The molecule has 4 heteroatoms. The van der Waals surface area contributed by atoms with Crippen LogP contribution < -0.4 is 10.1 Å². The highest BCUT2D eigenvalue weighted by Crippen LogP contribution is 2.08. The number of rotatable bonds is 9. The zero-order chi connectivity index (χ0) is 13.2. The third-order valence-electron chi connectivity index (χ3n) is 2.80. The fourth-order valence-corrected chi connectivity index (χ4v) is 1.95. The highest BCUT2D eigenvalue weighted by molar-refractivity contribution is 7.84. The average molecular weight is 269 g/mol. The Morgan fingerprint density at radius 3 is 2.67 bits per heavy atom. The quantitative estimate of drug-likeness (QED) is 0.699. The standard InChI is InChI=1S/C14H23NO2S/c1-13(18(2)16)9-11-15-10-6-12-17-14-7-4-3-5-8-14/h3-5,7-8,13,15H,6,9-12H2,1-2H3. The Morgan fingerprint density at radius 1 is 1.28 bits per heavy atom. The van der Waals surface area contributed by atoms with Gasteiger partial charge in [0.2, 0.25) is 0 Å². The van der Waals surface area contributed by atoms with Crippen LogP contribution in [0.2, 0.25) is 0 Å². The summed E-state index contributed by atoms with van der Waals surface area (Å²) < 4.78 is 16.7. The molecule has 0 saturated carbocycles. The molecular weight excluding hydrogens is 246 g/mol. The number of benzene rings is 1. The van der Waals surface area contributed by atoms with Gasteiger partial charge in [-0.2, -0.15) is 0 Å². The minimum absolute atomic E-state index is 0.276. The van der Waals surface area contributed by atoms with Crippen molar-refractivity contribution in [3.8, 4) is 5.75 Å². The smallest absolute Gasteiger partial charge is 0.119 e. The lowest BCUT2D eigenvalue weighted by Crippen LogP contribution is -2.23. The van der Waals surface area contributed by atoms with Gasteiger partial charge in [-0.3, -0.25) is 4.21 Å². The number of nitrogens with one attached hydrogen (secondary N) is 1. The van der Waals surface area contributed by atoms with E-state index >= 15 is 0 Å². The second-order valence-corrected chi connectivity index (χ2v) is 6.16. The highest BCUT2D eigenvalue weighted by Gasteiger charge is 2.04. The predicted octanol–water partition coefficient (Wildman–Crippen LogP) is 2.20. The summed E-state index contributed by atoms with van der Waals surface area (Å²) in [6, 6.07) is 9.85. The fourth-order valence-electron chi connectivity index (χ4n) is 1.50. The van der Waals surface area contributed by atoms with Gasteiger partial charge in [0.05, 0.1) is 6.61 Å². The lowest BCUT2D eigenvalue weighted by Gasteiger charge is -2.09. The topological polar surface area (TPSA) is 38.3 Å². The van der Waals surface area contributed by atoms with Gasteiger partial charge in [0.1, 0.15) is 5.75 Å². The van der Waals surface area contributed by atoms with Crippen LogP contribution in [-0.4, -0.2) is 35.4 Å². The second kappa shape index (κ2) is 9.11. The SMILES string of the molecule is CC(CCNCCCOc1ccccc1)S(C)=O. The Bertz CT molecular complexity index is 343. The first-order chi connectivity index (χ1) is 8.70. The monoisotopic (exact) mass is 269 g/mol. The molecule has 0 aromatic heterocycles. The highest BCUT2D eigenvalue weighted by atomic mass is 32.2. The van der Waals surface area contributed by atoms with Crippen LogP contribution in [-0.2, 0) is 10.8 Å². The van der Waals surface area contributed by atoms with Crippen molar-refractivity contribution in [2.24, 2.45) is 0 Å². The molecule has 1 rings (SSSR count). The molecule has 18 heavy (non-hydrogen) atoms. The number of hydrogen-bond acceptors (Lipinski definition) is 3. The van der Waals surface area contributed by atoms with E-state index < -0.39 is 10.8 Å². The van der Waals surface area contributed by atoms with Gasteiger partial charge in [0.15, 0.2) is 0 Å². The summed E-state index contributed by atoms with van der Waals surface area (Å²) in [6.45, 7) is 4.62. The van der Waals surface area contributed by atoms with Crippen molar-refractivity contribution in [1.82, 2.24) is 5.32 Å². The van der Waals surface area contributed by atoms with E-state index in [2.05, 4.69) is 5.32 Å². The summed E-state index contributed by atoms with van der Waals surface area (Å²) in [6.07, 6.45) is 3.71. The van der Waals surface area contributed by atoms with Crippen molar-refractivity contribution in [3.63, 3.8) is 0 Å². The van der Waals surface area contributed by atoms with E-state index in [-0.39, 0.29) is 5.25 Å². The van der Waals surface area contributed by atoms with E-state index in [1.807, 2.05) is 37.3 Å². The number of hydrogen-bond donors (Lipinski definition) is 1. The van der Waals surface area contributed by atoms with Crippen LogP contribution in [0.5, 0.6) is 5.75 Å². The van der Waals surface area contributed by atoms with E-state index in [1.54, 1.807) is 6.26 Å². The largest absolute Gasteiger partial charge is 0.494 e. The van der Waals surface area contributed by atoms with Crippen LogP contribution in [0.15, 0.2) is 30.3 Å². The van der Waals surface area contributed by atoms with Crippen molar-refractivity contribution < 1.29 is 8.95 Å². The molecule has 3 nitrogen and oxygen atoms in total. The minimum Gasteiger partial charge on any atom is -0.494 e. The molecule has 0 heterocycles. The molecule has 0 bridgehead atoms. The molecular formula is C14H23NO2S. The van der Waals surface area contributed by atoms with Gasteiger partial charge in [0, 0.05) is 22.3 Å². The fraction of sp³-hybridized carbons (Fsp3) is 0.571. The van der Waals surface area contributed by atoms with E-state index in [9.17, 15) is 4.21 Å². The third-order valence-corrected chi connectivity index (χ3v) is 4.17. The van der Waals surface area contributed by atoms with Gasteiger partial charge in [-0.15, -0.1) is 0 Å². The Hall–Kier alpha value is -0.870. The lowest BCUT2D eigenvalue weighted by atomic mass is 10.3. The van der Waals surface area contributed by atoms with Gasteiger partial charge in [-0.05, 0) is 38.1 Å². The first-order valence-corrected chi connectivity index (χ1v) is 8.03.